The van der Waals surface area contributed by atoms with Crippen LogP contribution in [0.1, 0.15) is 26.3 Å². The van der Waals surface area contributed by atoms with Crippen molar-refractivity contribution in [3.05, 3.63) is 35.9 Å². The van der Waals surface area contributed by atoms with Crippen LogP contribution in [-0.2, 0) is 14.3 Å². The largest absolute Gasteiger partial charge is 0.292 e. The predicted octanol–water partition coefficient (Wildman–Crippen LogP) is 2.37. The summed E-state index contributed by atoms with van der Waals surface area (Å²) in [5.74, 6) is 5.59. The zero-order valence-corrected chi connectivity index (χ0v) is 12.9. The van der Waals surface area contributed by atoms with Gasteiger partial charge in [-0.05, 0) is 27.6 Å². The first kappa shape index (κ1) is 15.5. The molecule has 0 N–H and O–H groups in total. The van der Waals surface area contributed by atoms with Crippen molar-refractivity contribution in [3.63, 3.8) is 0 Å². The van der Waals surface area contributed by atoms with E-state index in [1.807, 2.05) is 51.1 Å². The molecule has 0 bridgehead atoms. The summed E-state index contributed by atoms with van der Waals surface area (Å²) in [6.07, 6.45) is 3.12. The molecule has 1 aromatic rings. The van der Waals surface area contributed by atoms with Crippen LogP contribution in [0.15, 0.2) is 30.3 Å². The van der Waals surface area contributed by atoms with E-state index in [2.05, 4.69) is 11.8 Å². The Morgan fingerprint density at radius 3 is 2.05 bits per heavy atom. The van der Waals surface area contributed by atoms with E-state index in [0.717, 1.165) is 5.56 Å². The van der Waals surface area contributed by atoms with Gasteiger partial charge in [0, 0.05) is 23.5 Å². The molecule has 1 aromatic carbocycles. The first-order valence-corrected chi connectivity index (χ1v) is 8.43. The molecule has 0 aliphatic carbocycles. The first-order valence-electron chi connectivity index (χ1n) is 6.05. The van der Waals surface area contributed by atoms with Crippen molar-refractivity contribution in [2.45, 2.75) is 20.8 Å². The van der Waals surface area contributed by atoms with E-state index in [9.17, 15) is 9.00 Å². The van der Waals surface area contributed by atoms with Gasteiger partial charge in [0.1, 0.15) is 4.86 Å². The molecule has 0 aromatic heterocycles. The molecule has 0 saturated heterocycles. The fourth-order valence-corrected chi connectivity index (χ4v) is 2.44. The van der Waals surface area contributed by atoms with Gasteiger partial charge in [0.05, 0.1) is 0 Å². The molecular weight excluding hydrogens is 256 g/mol. The van der Waals surface area contributed by atoms with Gasteiger partial charge >= 0.3 is 0 Å². The summed E-state index contributed by atoms with van der Waals surface area (Å²) in [4.78, 5) is 12.5. The van der Waals surface area contributed by atoms with Crippen LogP contribution in [0.4, 0.5) is 0 Å². The van der Waals surface area contributed by atoms with E-state index in [-0.39, 0.29) is 10.6 Å². The third kappa shape index (κ3) is 4.57. The molecule has 0 saturated carbocycles. The topological polar surface area (TPSA) is 34.1 Å². The number of carbonyl (C=O) groups is 1. The Hall–Kier alpha value is -1.53. The monoisotopic (exact) mass is 276 g/mol. The standard InChI is InChI=1S/C16H20O2S/c1-16(2,3)15(17)14(19(4,5)18)12-11-13-9-7-6-8-10-13/h6-10H,1-5H3. The van der Waals surface area contributed by atoms with Crippen molar-refractivity contribution in [2.24, 2.45) is 5.41 Å². The second-order valence-corrected chi connectivity index (χ2v) is 8.63. The smallest absolute Gasteiger partial charge is 0.184 e. The molecule has 0 amide bonds. The van der Waals surface area contributed by atoms with Crippen LogP contribution in [0.3, 0.4) is 0 Å². The minimum absolute atomic E-state index is 0.147. The van der Waals surface area contributed by atoms with Gasteiger partial charge in [0.25, 0.3) is 0 Å². The van der Waals surface area contributed by atoms with Crippen molar-refractivity contribution in [2.75, 3.05) is 12.5 Å². The fraction of sp³-hybridized carbons (Fsp3) is 0.375. The quantitative estimate of drug-likeness (QED) is 0.583. The van der Waals surface area contributed by atoms with Gasteiger partial charge in [-0.15, -0.1) is 0 Å². The van der Waals surface area contributed by atoms with Crippen molar-refractivity contribution in [3.8, 4) is 11.8 Å². The minimum atomic E-state index is -2.37. The Balaban J connectivity index is 3.31. The molecule has 0 atom stereocenters. The Morgan fingerprint density at radius 1 is 1.11 bits per heavy atom. The SMILES string of the molecule is CC(C)(C)C(=O)C(C#Cc1ccccc1)=S(C)(C)=O. The summed E-state index contributed by atoms with van der Waals surface area (Å²) in [6, 6.07) is 9.38. The molecule has 0 heterocycles. The molecule has 0 unspecified atom stereocenters. The van der Waals surface area contributed by atoms with Crippen molar-refractivity contribution >= 4 is 20.2 Å². The van der Waals surface area contributed by atoms with Gasteiger partial charge in [-0.3, -0.25) is 9.00 Å². The Kier molecular flexibility index (Phi) is 4.60. The number of ketones is 1. The lowest BCUT2D eigenvalue weighted by atomic mass is 9.89. The van der Waals surface area contributed by atoms with Crippen molar-refractivity contribution in [1.82, 2.24) is 0 Å². The van der Waals surface area contributed by atoms with Gasteiger partial charge in [-0.2, -0.15) is 0 Å². The van der Waals surface area contributed by atoms with Crippen LogP contribution in [0.2, 0.25) is 0 Å². The Labute approximate surface area is 116 Å². The van der Waals surface area contributed by atoms with E-state index in [0.29, 0.717) is 0 Å². The summed E-state index contributed by atoms with van der Waals surface area (Å²) < 4.78 is 12.2. The molecular formula is C16H20O2S. The highest BCUT2D eigenvalue weighted by Gasteiger charge is 2.26. The Morgan fingerprint density at radius 2 is 1.63 bits per heavy atom. The minimum Gasteiger partial charge on any atom is -0.292 e. The lowest BCUT2D eigenvalue weighted by molar-refractivity contribution is -0.119. The van der Waals surface area contributed by atoms with E-state index in [4.69, 9.17) is 0 Å². The van der Waals surface area contributed by atoms with Crippen LogP contribution in [0.5, 0.6) is 0 Å². The molecule has 0 aliphatic heterocycles. The average Bonchev–Trinajstić information content (AvgIpc) is 2.27. The van der Waals surface area contributed by atoms with Gasteiger partial charge < -0.3 is 0 Å². The van der Waals surface area contributed by atoms with E-state index in [1.165, 1.54) is 0 Å². The van der Waals surface area contributed by atoms with Crippen LogP contribution in [0, 0.1) is 17.3 Å². The molecule has 0 aliphatic rings. The number of Topliss-reactive ketones (excluding diaryl/α,β-unsaturated/α-hetero) is 1. The normalized spacial score (nSPS) is 11.4. The summed E-state index contributed by atoms with van der Waals surface area (Å²) in [7, 11) is -2.37. The molecule has 0 fully saturated rings. The Bertz CT molecular complexity index is 635. The lowest BCUT2D eigenvalue weighted by Crippen LogP contribution is -2.31. The molecule has 19 heavy (non-hydrogen) atoms. The summed E-state index contributed by atoms with van der Waals surface area (Å²) in [5.41, 5.74) is 0.236. The predicted molar refractivity (Wildman–Crippen MR) is 82.8 cm³/mol. The molecule has 1 rings (SSSR count). The third-order valence-electron chi connectivity index (χ3n) is 2.47. The summed E-state index contributed by atoms with van der Waals surface area (Å²) in [6.45, 7) is 5.43. The fourth-order valence-electron chi connectivity index (χ4n) is 1.39. The highest BCUT2D eigenvalue weighted by molar-refractivity contribution is 8.02. The molecule has 0 spiro atoms. The summed E-state index contributed by atoms with van der Waals surface area (Å²) >= 11 is 0. The third-order valence-corrected chi connectivity index (χ3v) is 3.74. The highest BCUT2D eigenvalue weighted by atomic mass is 32.2. The molecule has 102 valence electrons. The van der Waals surface area contributed by atoms with Crippen LogP contribution < -0.4 is 0 Å². The van der Waals surface area contributed by atoms with Gasteiger partial charge in [-0.1, -0.05) is 44.9 Å². The maximum absolute atomic E-state index is 12.3. The van der Waals surface area contributed by atoms with Gasteiger partial charge in [0.2, 0.25) is 0 Å². The number of rotatable bonds is 1. The van der Waals surface area contributed by atoms with Crippen molar-refractivity contribution in [1.29, 1.82) is 0 Å². The molecule has 0 radical (unpaired) electrons. The number of hydrogen-bond acceptors (Lipinski definition) is 2. The summed E-state index contributed by atoms with van der Waals surface area (Å²) in [5, 5.41) is 0. The van der Waals surface area contributed by atoms with Crippen molar-refractivity contribution < 1.29 is 9.00 Å². The van der Waals surface area contributed by atoms with Crippen LogP contribution in [0.25, 0.3) is 0 Å². The maximum Gasteiger partial charge on any atom is 0.184 e. The molecule has 2 nitrogen and oxygen atoms in total. The average molecular weight is 276 g/mol. The second-order valence-electron chi connectivity index (χ2n) is 5.76. The van der Waals surface area contributed by atoms with Gasteiger partial charge in [-0.25, -0.2) is 0 Å². The van der Waals surface area contributed by atoms with E-state index < -0.39 is 14.9 Å². The maximum atomic E-state index is 12.3. The van der Waals surface area contributed by atoms with E-state index in [1.54, 1.807) is 12.5 Å². The lowest BCUT2D eigenvalue weighted by Gasteiger charge is -2.17. The second kappa shape index (κ2) is 5.63. The first-order chi connectivity index (χ1) is 8.62. The zero-order chi connectivity index (χ0) is 14.7. The number of benzene rings is 1. The number of hydrogen-bond donors (Lipinski definition) is 0. The van der Waals surface area contributed by atoms with E-state index >= 15 is 0 Å². The van der Waals surface area contributed by atoms with Crippen LogP contribution >= 0.6 is 0 Å². The zero-order valence-electron chi connectivity index (χ0n) is 12.1. The molecule has 3 heteroatoms. The van der Waals surface area contributed by atoms with Crippen LogP contribution in [-0.4, -0.2) is 27.4 Å². The van der Waals surface area contributed by atoms with Gasteiger partial charge in [0.15, 0.2) is 5.78 Å². The number of carbonyl (C=O) groups excluding carboxylic acids is 1. The highest BCUT2D eigenvalue weighted by Crippen LogP contribution is 2.16.